The number of nitrogens with one attached hydrogen (secondary N) is 1. The lowest BCUT2D eigenvalue weighted by Crippen LogP contribution is -2.49. The maximum absolute atomic E-state index is 13.6. The van der Waals surface area contributed by atoms with Gasteiger partial charge in [-0.05, 0) is 44.4 Å². The minimum atomic E-state index is -0.521. The van der Waals surface area contributed by atoms with Crippen LogP contribution in [0, 0.1) is 5.82 Å². The first-order valence-corrected chi connectivity index (χ1v) is 8.02. The predicted octanol–water partition coefficient (Wildman–Crippen LogP) is 4.24. The van der Waals surface area contributed by atoms with E-state index in [-0.39, 0.29) is 10.0 Å². The van der Waals surface area contributed by atoms with E-state index in [1.54, 1.807) is 12.1 Å². The average molecular weight is 317 g/mol. The molecule has 110 valence electrons. The summed E-state index contributed by atoms with van der Waals surface area (Å²) in [5, 5.41) is 3.77. The second-order valence-electron chi connectivity index (χ2n) is 5.74. The topological polar surface area (TPSA) is 15.3 Å². The first kappa shape index (κ1) is 14.4. The van der Waals surface area contributed by atoms with E-state index >= 15 is 0 Å². The van der Waals surface area contributed by atoms with Crippen LogP contribution in [0.5, 0.6) is 0 Å². The normalized spacial score (nSPS) is 29.0. The first-order valence-electron chi connectivity index (χ1n) is 7.26. The van der Waals surface area contributed by atoms with E-state index in [4.69, 9.17) is 23.2 Å². The molecule has 2 fully saturated rings. The van der Waals surface area contributed by atoms with Gasteiger partial charge in [-0.1, -0.05) is 30.1 Å². The van der Waals surface area contributed by atoms with Gasteiger partial charge in [0.1, 0.15) is 0 Å². The van der Waals surface area contributed by atoms with Gasteiger partial charge in [-0.3, -0.25) is 0 Å². The van der Waals surface area contributed by atoms with Gasteiger partial charge in [-0.2, -0.15) is 0 Å². The fourth-order valence-corrected chi connectivity index (χ4v) is 4.22. The van der Waals surface area contributed by atoms with E-state index < -0.39 is 5.82 Å². The highest BCUT2D eigenvalue weighted by Gasteiger charge is 2.40. The Morgan fingerprint density at radius 2 is 1.75 bits per heavy atom. The SMILES string of the molecule is CCNC1CC2CCC(C1)N2c1cc(Cl)c(F)c(Cl)c1. The summed E-state index contributed by atoms with van der Waals surface area (Å²) in [6.45, 7) is 3.16. The van der Waals surface area contributed by atoms with Crippen LogP contribution in [-0.2, 0) is 0 Å². The number of piperidine rings is 1. The van der Waals surface area contributed by atoms with Gasteiger partial charge in [0.2, 0.25) is 0 Å². The predicted molar refractivity (Wildman–Crippen MR) is 82.4 cm³/mol. The average Bonchev–Trinajstić information content (AvgIpc) is 2.67. The Bertz CT molecular complexity index is 472. The largest absolute Gasteiger partial charge is 0.365 e. The van der Waals surface area contributed by atoms with Gasteiger partial charge in [-0.15, -0.1) is 0 Å². The molecule has 2 nitrogen and oxygen atoms in total. The zero-order valence-electron chi connectivity index (χ0n) is 11.5. The molecule has 1 N–H and O–H groups in total. The first-order chi connectivity index (χ1) is 9.60. The van der Waals surface area contributed by atoms with Crippen molar-refractivity contribution in [2.45, 2.75) is 50.7 Å². The molecule has 0 saturated carbocycles. The van der Waals surface area contributed by atoms with Crippen molar-refractivity contribution in [1.82, 2.24) is 5.32 Å². The molecule has 0 aromatic heterocycles. The number of nitrogens with zero attached hydrogens (tertiary/aromatic N) is 1. The van der Waals surface area contributed by atoms with E-state index in [1.165, 1.54) is 12.8 Å². The van der Waals surface area contributed by atoms with Crippen molar-refractivity contribution < 1.29 is 4.39 Å². The van der Waals surface area contributed by atoms with Crippen LogP contribution in [0.2, 0.25) is 10.0 Å². The Balaban J connectivity index is 1.85. The monoisotopic (exact) mass is 316 g/mol. The van der Waals surface area contributed by atoms with E-state index in [9.17, 15) is 4.39 Å². The maximum Gasteiger partial charge on any atom is 0.160 e. The summed E-state index contributed by atoms with van der Waals surface area (Å²) in [4.78, 5) is 2.39. The smallest absolute Gasteiger partial charge is 0.160 e. The molecular formula is C15H19Cl2FN2. The van der Waals surface area contributed by atoms with Crippen LogP contribution in [0.3, 0.4) is 0 Å². The molecule has 2 heterocycles. The number of hydrogen-bond acceptors (Lipinski definition) is 2. The van der Waals surface area contributed by atoms with E-state index in [0.29, 0.717) is 18.1 Å². The van der Waals surface area contributed by atoms with Crippen molar-refractivity contribution in [3.63, 3.8) is 0 Å². The van der Waals surface area contributed by atoms with Crippen LogP contribution in [0.25, 0.3) is 0 Å². The third-order valence-corrected chi connectivity index (χ3v) is 5.04. The number of halogens is 3. The van der Waals surface area contributed by atoms with Crippen LogP contribution in [0.15, 0.2) is 12.1 Å². The summed E-state index contributed by atoms with van der Waals surface area (Å²) >= 11 is 11.9. The van der Waals surface area contributed by atoms with Crippen molar-refractivity contribution in [1.29, 1.82) is 0 Å². The molecule has 1 aromatic rings. The van der Waals surface area contributed by atoms with Crippen molar-refractivity contribution in [2.24, 2.45) is 0 Å². The molecule has 2 aliphatic rings. The minimum Gasteiger partial charge on any atom is -0.365 e. The molecule has 0 spiro atoms. The number of rotatable bonds is 3. The summed E-state index contributed by atoms with van der Waals surface area (Å²) in [6.07, 6.45) is 4.66. The summed E-state index contributed by atoms with van der Waals surface area (Å²) in [5.41, 5.74) is 0.962. The highest BCUT2D eigenvalue weighted by Crippen LogP contribution is 2.41. The summed E-state index contributed by atoms with van der Waals surface area (Å²) in [7, 11) is 0. The van der Waals surface area contributed by atoms with Gasteiger partial charge in [-0.25, -0.2) is 4.39 Å². The molecule has 2 saturated heterocycles. The maximum atomic E-state index is 13.6. The fraction of sp³-hybridized carbons (Fsp3) is 0.600. The Labute approximate surface area is 129 Å². The molecule has 2 atom stereocenters. The molecule has 1 aromatic carbocycles. The van der Waals surface area contributed by atoms with E-state index in [0.717, 1.165) is 25.1 Å². The number of fused-ring (bicyclic) bond motifs is 2. The van der Waals surface area contributed by atoms with Crippen molar-refractivity contribution >= 4 is 28.9 Å². The third-order valence-electron chi connectivity index (χ3n) is 4.49. The third kappa shape index (κ3) is 2.51. The minimum absolute atomic E-state index is 0.112. The van der Waals surface area contributed by atoms with Gasteiger partial charge in [0.15, 0.2) is 5.82 Å². The van der Waals surface area contributed by atoms with Crippen LogP contribution in [0.4, 0.5) is 10.1 Å². The zero-order chi connectivity index (χ0) is 14.3. The molecule has 2 bridgehead atoms. The Morgan fingerprint density at radius 1 is 1.20 bits per heavy atom. The second kappa shape index (κ2) is 5.70. The lowest BCUT2D eigenvalue weighted by atomic mass is 9.96. The lowest BCUT2D eigenvalue weighted by Gasteiger charge is -2.41. The Morgan fingerprint density at radius 3 is 2.25 bits per heavy atom. The number of benzene rings is 1. The van der Waals surface area contributed by atoms with Crippen LogP contribution < -0.4 is 10.2 Å². The van der Waals surface area contributed by atoms with Crippen molar-refractivity contribution in [3.05, 3.63) is 28.0 Å². The molecule has 0 aliphatic carbocycles. The van der Waals surface area contributed by atoms with Gasteiger partial charge >= 0.3 is 0 Å². The molecule has 20 heavy (non-hydrogen) atoms. The zero-order valence-corrected chi connectivity index (χ0v) is 13.0. The number of hydrogen-bond donors (Lipinski definition) is 1. The lowest BCUT2D eigenvalue weighted by molar-refractivity contribution is 0.361. The highest BCUT2D eigenvalue weighted by molar-refractivity contribution is 6.35. The molecule has 5 heteroatoms. The summed E-state index contributed by atoms with van der Waals surface area (Å²) in [5.74, 6) is -0.521. The molecule has 0 radical (unpaired) electrons. The Hall–Kier alpha value is -0.510. The highest BCUT2D eigenvalue weighted by atomic mass is 35.5. The molecule has 2 aliphatic heterocycles. The quantitative estimate of drug-likeness (QED) is 0.839. The molecule has 3 rings (SSSR count). The molecule has 2 unspecified atom stereocenters. The Kier molecular flexibility index (Phi) is 4.11. The van der Waals surface area contributed by atoms with Crippen LogP contribution in [-0.4, -0.2) is 24.7 Å². The van der Waals surface area contributed by atoms with Gasteiger partial charge in [0.25, 0.3) is 0 Å². The molecule has 0 amide bonds. The number of anilines is 1. The standard InChI is InChI=1S/C15H19Cl2FN2/c1-2-19-9-5-10-3-4-11(6-9)20(10)12-7-13(16)15(18)14(17)8-12/h7-11,19H,2-6H2,1H3. The van der Waals surface area contributed by atoms with Crippen molar-refractivity contribution in [3.8, 4) is 0 Å². The van der Waals surface area contributed by atoms with Gasteiger partial charge < -0.3 is 10.2 Å². The van der Waals surface area contributed by atoms with Crippen molar-refractivity contribution in [2.75, 3.05) is 11.4 Å². The summed E-state index contributed by atoms with van der Waals surface area (Å²) in [6, 6.07) is 5.04. The van der Waals surface area contributed by atoms with Gasteiger partial charge in [0.05, 0.1) is 10.0 Å². The fourth-order valence-electron chi connectivity index (χ4n) is 3.75. The summed E-state index contributed by atoms with van der Waals surface area (Å²) < 4.78 is 13.6. The van der Waals surface area contributed by atoms with E-state index in [1.807, 2.05) is 0 Å². The van der Waals surface area contributed by atoms with Crippen LogP contribution >= 0.6 is 23.2 Å². The van der Waals surface area contributed by atoms with Crippen LogP contribution in [0.1, 0.15) is 32.6 Å². The molecular weight excluding hydrogens is 298 g/mol. The van der Waals surface area contributed by atoms with E-state index in [2.05, 4.69) is 17.1 Å². The van der Waals surface area contributed by atoms with Gasteiger partial charge in [0, 0.05) is 23.8 Å². The second-order valence-corrected chi connectivity index (χ2v) is 6.56.